The first-order valence-corrected chi connectivity index (χ1v) is 12.0. The van der Waals surface area contributed by atoms with Crippen LogP contribution in [0.1, 0.15) is 41.6 Å². The molecule has 2 unspecified atom stereocenters. The van der Waals surface area contributed by atoms with E-state index < -0.39 is 5.41 Å². The van der Waals surface area contributed by atoms with Crippen molar-refractivity contribution in [2.75, 3.05) is 26.2 Å². The molecule has 6 heteroatoms. The van der Waals surface area contributed by atoms with Crippen LogP contribution in [0, 0.1) is 11.2 Å². The Hall–Kier alpha value is -3.25. The van der Waals surface area contributed by atoms with Gasteiger partial charge < -0.3 is 15.5 Å². The highest BCUT2D eigenvalue weighted by molar-refractivity contribution is 5.98. The highest BCUT2D eigenvalue weighted by Gasteiger charge is 2.51. The van der Waals surface area contributed by atoms with Gasteiger partial charge in [0.1, 0.15) is 5.82 Å². The molecule has 0 aliphatic carbocycles. The lowest BCUT2D eigenvalue weighted by Crippen LogP contribution is -2.49. The summed E-state index contributed by atoms with van der Waals surface area (Å²) in [4.78, 5) is 28.0. The number of carbonyl (C=O) groups is 2. The summed E-state index contributed by atoms with van der Waals surface area (Å²) in [5.74, 6) is -0.158. The second-order valence-corrected chi connectivity index (χ2v) is 9.71. The van der Waals surface area contributed by atoms with Gasteiger partial charge in [0.2, 0.25) is 5.91 Å². The number of carbonyl (C=O) groups excluding carboxylic acids is 2. The first kappa shape index (κ1) is 22.5. The highest BCUT2D eigenvalue weighted by atomic mass is 19.1. The maximum absolute atomic E-state index is 13.4. The number of hydrogen-bond acceptors (Lipinski definition) is 3. The summed E-state index contributed by atoms with van der Waals surface area (Å²) >= 11 is 0. The number of fused-ring (bicyclic) bond motifs is 1. The van der Waals surface area contributed by atoms with Gasteiger partial charge in [-0.15, -0.1) is 0 Å². The summed E-state index contributed by atoms with van der Waals surface area (Å²) in [5, 5.41) is 8.34. The van der Waals surface area contributed by atoms with E-state index in [0.717, 1.165) is 48.8 Å². The van der Waals surface area contributed by atoms with Gasteiger partial charge in [-0.2, -0.15) is 0 Å². The van der Waals surface area contributed by atoms with Gasteiger partial charge in [0.05, 0.1) is 5.41 Å². The molecule has 176 valence electrons. The number of piperidine rings is 1. The van der Waals surface area contributed by atoms with E-state index in [-0.39, 0.29) is 29.6 Å². The van der Waals surface area contributed by atoms with E-state index in [2.05, 4.69) is 15.5 Å². The molecular formula is C28H30FN3O2. The highest BCUT2D eigenvalue weighted by Crippen LogP contribution is 2.47. The molecule has 5 rings (SSSR count). The molecule has 2 saturated heterocycles. The van der Waals surface area contributed by atoms with Gasteiger partial charge in [-0.25, -0.2) is 4.39 Å². The van der Waals surface area contributed by atoms with E-state index in [0.29, 0.717) is 12.1 Å². The average Bonchev–Trinajstić information content (AvgIpc) is 3.16. The number of benzene rings is 3. The van der Waals surface area contributed by atoms with Crippen LogP contribution in [0.15, 0.2) is 66.7 Å². The van der Waals surface area contributed by atoms with Crippen molar-refractivity contribution >= 4 is 22.6 Å². The average molecular weight is 460 g/mol. The molecule has 0 saturated carbocycles. The van der Waals surface area contributed by atoms with Crippen LogP contribution in [0.2, 0.25) is 0 Å². The fourth-order valence-corrected chi connectivity index (χ4v) is 5.64. The molecule has 0 radical (unpaired) electrons. The molecular weight excluding hydrogens is 429 g/mol. The van der Waals surface area contributed by atoms with Crippen molar-refractivity contribution < 1.29 is 14.0 Å². The Morgan fingerprint density at radius 3 is 2.53 bits per heavy atom. The van der Waals surface area contributed by atoms with Crippen LogP contribution in [0.25, 0.3) is 10.8 Å². The third-order valence-corrected chi connectivity index (χ3v) is 7.53. The lowest BCUT2D eigenvalue weighted by Gasteiger charge is -2.41. The molecule has 1 spiro atoms. The van der Waals surface area contributed by atoms with Crippen LogP contribution in [-0.2, 0) is 4.79 Å². The molecule has 2 aliphatic heterocycles. The van der Waals surface area contributed by atoms with Crippen LogP contribution >= 0.6 is 0 Å². The number of nitrogens with one attached hydrogen (secondary N) is 2. The van der Waals surface area contributed by atoms with E-state index in [4.69, 9.17) is 0 Å². The lowest BCUT2D eigenvalue weighted by molar-refractivity contribution is -0.130. The molecule has 2 N–H and O–H groups in total. The van der Waals surface area contributed by atoms with Gasteiger partial charge in [0, 0.05) is 30.6 Å². The minimum atomic E-state index is -0.439. The minimum absolute atomic E-state index is 0.0154. The van der Waals surface area contributed by atoms with E-state index in [1.807, 2.05) is 49.4 Å². The van der Waals surface area contributed by atoms with Crippen molar-refractivity contribution in [1.29, 1.82) is 0 Å². The summed E-state index contributed by atoms with van der Waals surface area (Å²) < 4.78 is 13.4. The standard InChI is InChI=1S/C28H30FN3O2/c1-19(31-26(33)23-7-6-20-4-2-3-5-22(20)16-23)18-32-14-12-28(13-15-32)25(17-30-27(28)34)21-8-10-24(29)11-9-21/h2-11,16,19,25H,12-15,17-18H2,1H3,(H,30,34)(H,31,33). The zero-order chi connectivity index (χ0) is 23.7. The van der Waals surface area contributed by atoms with Crippen LogP contribution < -0.4 is 10.6 Å². The molecule has 2 amide bonds. The van der Waals surface area contributed by atoms with Gasteiger partial charge >= 0.3 is 0 Å². The van der Waals surface area contributed by atoms with Gasteiger partial charge in [0.25, 0.3) is 5.91 Å². The largest absolute Gasteiger partial charge is 0.355 e. The van der Waals surface area contributed by atoms with Crippen LogP contribution in [0.4, 0.5) is 4.39 Å². The van der Waals surface area contributed by atoms with E-state index in [1.165, 1.54) is 12.1 Å². The monoisotopic (exact) mass is 459 g/mol. The van der Waals surface area contributed by atoms with E-state index in [9.17, 15) is 14.0 Å². The van der Waals surface area contributed by atoms with Gasteiger partial charge in [-0.05, 0) is 73.5 Å². The normalized spacial score (nSPS) is 20.9. The number of likely N-dealkylation sites (tertiary alicyclic amines) is 1. The van der Waals surface area contributed by atoms with Gasteiger partial charge in [0.15, 0.2) is 0 Å². The van der Waals surface area contributed by atoms with Gasteiger partial charge in [-0.3, -0.25) is 9.59 Å². The number of halogens is 1. The fraction of sp³-hybridized carbons (Fsp3) is 0.357. The number of hydrogen-bond donors (Lipinski definition) is 2. The summed E-state index contributed by atoms with van der Waals surface area (Å²) in [6.07, 6.45) is 1.51. The molecule has 3 aromatic rings. The van der Waals surface area contributed by atoms with Crippen molar-refractivity contribution in [3.05, 3.63) is 83.7 Å². The third-order valence-electron chi connectivity index (χ3n) is 7.53. The Bertz CT molecular complexity index is 1200. The van der Waals surface area contributed by atoms with E-state index in [1.54, 1.807) is 12.1 Å². The Morgan fingerprint density at radius 1 is 1.09 bits per heavy atom. The van der Waals surface area contributed by atoms with Gasteiger partial charge in [-0.1, -0.05) is 42.5 Å². The number of rotatable bonds is 5. The Balaban J connectivity index is 1.19. The first-order chi connectivity index (χ1) is 16.4. The van der Waals surface area contributed by atoms with Crippen molar-refractivity contribution in [3.8, 4) is 0 Å². The summed E-state index contributed by atoms with van der Waals surface area (Å²) in [6, 6.07) is 20.3. The summed E-state index contributed by atoms with van der Waals surface area (Å²) in [7, 11) is 0. The number of amides is 2. The quantitative estimate of drug-likeness (QED) is 0.604. The maximum Gasteiger partial charge on any atom is 0.251 e. The predicted molar refractivity (Wildman–Crippen MR) is 131 cm³/mol. The molecule has 2 aliphatic rings. The minimum Gasteiger partial charge on any atom is -0.355 e. The molecule has 2 fully saturated rings. The van der Waals surface area contributed by atoms with E-state index >= 15 is 0 Å². The number of nitrogens with zero attached hydrogens (tertiary/aromatic N) is 1. The summed E-state index contributed by atoms with van der Waals surface area (Å²) in [5.41, 5.74) is 1.24. The lowest BCUT2D eigenvalue weighted by atomic mass is 9.68. The SMILES string of the molecule is CC(CN1CCC2(CC1)C(=O)NCC2c1ccc(F)cc1)NC(=O)c1ccc2ccccc2c1. The Labute approximate surface area is 199 Å². The zero-order valence-electron chi connectivity index (χ0n) is 19.4. The molecule has 0 aromatic heterocycles. The van der Waals surface area contributed by atoms with Crippen molar-refractivity contribution in [1.82, 2.24) is 15.5 Å². The maximum atomic E-state index is 13.4. The third kappa shape index (κ3) is 4.30. The molecule has 0 bridgehead atoms. The van der Waals surface area contributed by atoms with Crippen molar-refractivity contribution in [3.63, 3.8) is 0 Å². The second kappa shape index (κ2) is 9.18. The second-order valence-electron chi connectivity index (χ2n) is 9.71. The predicted octanol–water partition coefficient (Wildman–Crippen LogP) is 4.09. The topological polar surface area (TPSA) is 61.4 Å². The Morgan fingerprint density at radius 2 is 1.79 bits per heavy atom. The summed E-state index contributed by atoms with van der Waals surface area (Å²) in [6.45, 7) is 4.94. The molecule has 2 atom stereocenters. The first-order valence-electron chi connectivity index (χ1n) is 12.0. The molecule has 3 aromatic carbocycles. The van der Waals surface area contributed by atoms with Crippen LogP contribution in [0.5, 0.6) is 0 Å². The molecule has 5 nitrogen and oxygen atoms in total. The smallest absolute Gasteiger partial charge is 0.251 e. The van der Waals surface area contributed by atoms with Crippen molar-refractivity contribution in [2.45, 2.75) is 31.7 Å². The van der Waals surface area contributed by atoms with Crippen LogP contribution in [-0.4, -0.2) is 48.9 Å². The Kier molecular flexibility index (Phi) is 6.09. The molecule has 34 heavy (non-hydrogen) atoms. The van der Waals surface area contributed by atoms with Crippen LogP contribution in [0.3, 0.4) is 0 Å². The fourth-order valence-electron chi connectivity index (χ4n) is 5.64. The van der Waals surface area contributed by atoms with Crippen molar-refractivity contribution in [2.24, 2.45) is 5.41 Å². The zero-order valence-corrected chi connectivity index (χ0v) is 19.4. The molecule has 2 heterocycles.